The number of ether oxygens (including phenoxy) is 1. The Morgan fingerprint density at radius 2 is 2.00 bits per heavy atom. The molecule has 2 N–H and O–H groups in total. The summed E-state index contributed by atoms with van der Waals surface area (Å²) in [6.07, 6.45) is 1.78. The normalized spacial score (nSPS) is 9.06. The first-order valence-corrected chi connectivity index (χ1v) is 5.67. The molecular weight excluding hydrogens is 232 g/mol. The van der Waals surface area contributed by atoms with Crippen LogP contribution in [0.15, 0.2) is 30.4 Å². The molecule has 100 valence electrons. The summed E-state index contributed by atoms with van der Waals surface area (Å²) in [5, 5.41) is 18.4. The summed E-state index contributed by atoms with van der Waals surface area (Å²) >= 11 is 0. The van der Waals surface area contributed by atoms with Crippen molar-refractivity contribution in [2.45, 2.75) is 26.7 Å². The van der Waals surface area contributed by atoms with E-state index < -0.39 is 0 Å². The molecule has 0 aliphatic carbocycles. The Kier molecular flexibility index (Phi) is 7.28. The number of benzene rings is 1. The molecule has 0 amide bonds. The number of methoxy groups -OCH3 is 1. The Morgan fingerprint density at radius 1 is 1.39 bits per heavy atom. The minimum Gasteiger partial charge on any atom is -0.504 e. The van der Waals surface area contributed by atoms with Crippen LogP contribution in [0, 0.1) is 0 Å². The summed E-state index contributed by atoms with van der Waals surface area (Å²) in [7, 11) is 1.33. The van der Waals surface area contributed by atoms with Gasteiger partial charge in [0.15, 0.2) is 11.5 Å². The molecule has 1 aromatic rings. The highest BCUT2D eigenvalue weighted by Crippen LogP contribution is 2.28. The van der Waals surface area contributed by atoms with Gasteiger partial charge < -0.3 is 14.9 Å². The van der Waals surface area contributed by atoms with Gasteiger partial charge in [0.25, 0.3) is 0 Å². The summed E-state index contributed by atoms with van der Waals surface area (Å²) in [5.41, 5.74) is 1.25. The van der Waals surface area contributed by atoms with E-state index in [0.717, 1.165) is 18.4 Å². The maximum Gasteiger partial charge on any atom is 0.332 e. The van der Waals surface area contributed by atoms with E-state index in [2.05, 4.69) is 11.3 Å². The van der Waals surface area contributed by atoms with Crippen LogP contribution in [-0.4, -0.2) is 23.3 Å². The van der Waals surface area contributed by atoms with Crippen LogP contribution in [0.5, 0.6) is 11.5 Å². The van der Waals surface area contributed by atoms with Crippen LogP contribution in [0.2, 0.25) is 0 Å². The van der Waals surface area contributed by atoms with Gasteiger partial charge in [-0.3, -0.25) is 0 Å². The highest BCUT2D eigenvalue weighted by Gasteiger charge is 2.03. The molecule has 4 heteroatoms. The molecule has 0 aromatic heterocycles. The van der Waals surface area contributed by atoms with Gasteiger partial charge in [-0.1, -0.05) is 32.1 Å². The fourth-order valence-corrected chi connectivity index (χ4v) is 1.22. The smallest absolute Gasteiger partial charge is 0.332 e. The Morgan fingerprint density at radius 3 is 2.39 bits per heavy atom. The summed E-state index contributed by atoms with van der Waals surface area (Å²) < 4.78 is 4.27. The number of rotatable bonds is 3. The highest BCUT2D eigenvalue weighted by molar-refractivity contribution is 5.86. The van der Waals surface area contributed by atoms with Gasteiger partial charge in [0.2, 0.25) is 0 Å². The second-order valence-corrected chi connectivity index (χ2v) is 3.81. The average molecular weight is 252 g/mol. The second kappa shape index (κ2) is 8.17. The Hall–Kier alpha value is -1.97. The molecule has 0 heterocycles. The topological polar surface area (TPSA) is 66.8 Å². The summed E-state index contributed by atoms with van der Waals surface area (Å²) in [6, 6.07) is 5.03. The van der Waals surface area contributed by atoms with Gasteiger partial charge in [-0.2, -0.15) is 0 Å². The predicted molar refractivity (Wildman–Crippen MR) is 70.6 cm³/mol. The van der Waals surface area contributed by atoms with Gasteiger partial charge in [-0.25, -0.2) is 4.79 Å². The molecule has 0 bridgehead atoms. The molecule has 0 atom stereocenters. The third kappa shape index (κ3) is 5.39. The van der Waals surface area contributed by atoms with Crippen molar-refractivity contribution in [3.05, 3.63) is 35.9 Å². The van der Waals surface area contributed by atoms with Crippen molar-refractivity contribution >= 4 is 5.97 Å². The number of esters is 1. The Bertz CT molecular complexity index is 410. The largest absolute Gasteiger partial charge is 0.504 e. The highest BCUT2D eigenvalue weighted by atomic mass is 16.5. The number of aromatic hydroxyl groups is 2. The number of carbonyl (C=O) groups is 1. The number of carbonyl (C=O) groups excluding carboxylic acids is 1. The van der Waals surface area contributed by atoms with Crippen LogP contribution in [0.1, 0.15) is 25.8 Å². The van der Waals surface area contributed by atoms with Gasteiger partial charge >= 0.3 is 5.97 Å². The van der Waals surface area contributed by atoms with Gasteiger partial charge in [-0.15, -0.1) is 0 Å². The molecule has 0 radical (unpaired) electrons. The molecule has 0 saturated carbocycles. The molecular formula is C14H20O4. The van der Waals surface area contributed by atoms with Crippen molar-refractivity contribution in [2.24, 2.45) is 0 Å². The fourth-order valence-electron chi connectivity index (χ4n) is 1.22. The van der Waals surface area contributed by atoms with Crippen molar-refractivity contribution in [3.63, 3.8) is 0 Å². The van der Waals surface area contributed by atoms with Crippen molar-refractivity contribution in [3.8, 4) is 11.5 Å². The van der Waals surface area contributed by atoms with Crippen LogP contribution in [0.3, 0.4) is 0 Å². The SMILES string of the molecule is C=C(C)C(=O)OC.CCCc1cccc(O)c1O. The third-order valence-electron chi connectivity index (χ3n) is 2.15. The Balaban J connectivity index is 0.000000360. The molecule has 4 nitrogen and oxygen atoms in total. The van der Waals surface area contributed by atoms with Gasteiger partial charge in [0.1, 0.15) is 0 Å². The lowest BCUT2D eigenvalue weighted by molar-refractivity contribution is -0.136. The fraction of sp³-hybridized carbons (Fsp3) is 0.357. The lowest BCUT2D eigenvalue weighted by Crippen LogP contribution is -1.98. The van der Waals surface area contributed by atoms with Gasteiger partial charge in [-0.05, 0) is 25.0 Å². The number of phenolic OH excluding ortho intramolecular Hbond substituents is 2. The molecule has 0 saturated heterocycles. The molecule has 0 aliphatic heterocycles. The minimum absolute atomic E-state index is 0.0225. The predicted octanol–water partition coefficient (Wildman–Crippen LogP) is 2.79. The van der Waals surface area contributed by atoms with E-state index in [0.29, 0.717) is 5.57 Å². The maximum absolute atomic E-state index is 10.2. The minimum atomic E-state index is -0.347. The lowest BCUT2D eigenvalue weighted by atomic mass is 10.1. The van der Waals surface area contributed by atoms with E-state index in [-0.39, 0.29) is 17.5 Å². The van der Waals surface area contributed by atoms with Crippen molar-refractivity contribution in [1.29, 1.82) is 0 Å². The lowest BCUT2D eigenvalue weighted by Gasteiger charge is -2.03. The van der Waals surface area contributed by atoms with E-state index in [4.69, 9.17) is 5.11 Å². The number of hydrogen-bond donors (Lipinski definition) is 2. The first kappa shape index (κ1) is 16.0. The zero-order valence-corrected chi connectivity index (χ0v) is 11.1. The van der Waals surface area contributed by atoms with Crippen LogP contribution in [-0.2, 0) is 16.0 Å². The molecule has 18 heavy (non-hydrogen) atoms. The van der Waals surface area contributed by atoms with Crippen LogP contribution < -0.4 is 0 Å². The van der Waals surface area contributed by atoms with Crippen LogP contribution >= 0.6 is 0 Å². The number of para-hydroxylation sites is 1. The average Bonchev–Trinajstić information content (AvgIpc) is 2.35. The third-order valence-corrected chi connectivity index (χ3v) is 2.15. The van der Waals surface area contributed by atoms with E-state index in [1.807, 2.05) is 13.0 Å². The van der Waals surface area contributed by atoms with Gasteiger partial charge in [0, 0.05) is 5.57 Å². The zero-order valence-electron chi connectivity index (χ0n) is 11.1. The molecule has 0 spiro atoms. The zero-order chi connectivity index (χ0) is 14.1. The second-order valence-electron chi connectivity index (χ2n) is 3.81. The summed E-state index contributed by atoms with van der Waals surface area (Å²) in [6.45, 7) is 6.99. The van der Waals surface area contributed by atoms with Crippen molar-refractivity contribution < 1.29 is 19.7 Å². The maximum atomic E-state index is 10.2. The standard InChI is InChI=1S/C9H12O2.C5H8O2/c1-2-4-7-5-3-6-8(10)9(7)11;1-4(2)5(6)7-3/h3,5-6,10-11H,2,4H2,1H3;1H2,2-3H3. The van der Waals surface area contributed by atoms with E-state index in [1.54, 1.807) is 13.0 Å². The molecule has 1 rings (SSSR count). The molecule has 0 fully saturated rings. The first-order chi connectivity index (χ1) is 8.43. The van der Waals surface area contributed by atoms with Crippen molar-refractivity contribution in [1.82, 2.24) is 0 Å². The van der Waals surface area contributed by atoms with Crippen molar-refractivity contribution in [2.75, 3.05) is 7.11 Å². The van der Waals surface area contributed by atoms with E-state index in [9.17, 15) is 9.90 Å². The van der Waals surface area contributed by atoms with E-state index >= 15 is 0 Å². The molecule has 1 aromatic carbocycles. The summed E-state index contributed by atoms with van der Waals surface area (Å²) in [5.74, 6) is -0.356. The van der Waals surface area contributed by atoms with E-state index in [1.165, 1.54) is 13.2 Å². The first-order valence-electron chi connectivity index (χ1n) is 5.67. The van der Waals surface area contributed by atoms with Crippen LogP contribution in [0.25, 0.3) is 0 Å². The molecule has 0 aliphatic rings. The number of aryl methyl sites for hydroxylation is 1. The number of phenols is 2. The number of hydrogen-bond acceptors (Lipinski definition) is 4. The van der Waals surface area contributed by atoms with Gasteiger partial charge in [0.05, 0.1) is 7.11 Å². The quantitative estimate of drug-likeness (QED) is 0.493. The Labute approximate surface area is 108 Å². The molecule has 0 unspecified atom stereocenters. The monoisotopic (exact) mass is 252 g/mol. The van der Waals surface area contributed by atoms with Crippen LogP contribution in [0.4, 0.5) is 0 Å². The summed E-state index contributed by atoms with van der Waals surface area (Å²) in [4.78, 5) is 10.2.